The van der Waals surface area contributed by atoms with Crippen LogP contribution >= 0.6 is 0 Å². The zero-order chi connectivity index (χ0) is 19.8. The van der Waals surface area contributed by atoms with Gasteiger partial charge in [0.1, 0.15) is 5.75 Å². The molecular weight excluding hydrogens is 354 g/mol. The van der Waals surface area contributed by atoms with Crippen LogP contribution in [0, 0.1) is 0 Å². The molecule has 0 amide bonds. The Morgan fingerprint density at radius 2 is 1.52 bits per heavy atom. The summed E-state index contributed by atoms with van der Waals surface area (Å²) in [6.45, 7) is 4.55. The van der Waals surface area contributed by atoms with E-state index in [0.29, 0.717) is 0 Å². The average Bonchev–Trinajstić information content (AvgIpc) is 2.92. The van der Waals surface area contributed by atoms with Crippen LogP contribution in [0.2, 0.25) is 0 Å². The van der Waals surface area contributed by atoms with Gasteiger partial charge in [-0.05, 0) is 65.2 Å². The highest BCUT2D eigenvalue weighted by molar-refractivity contribution is 6.10. The Balaban J connectivity index is 1.56. The second-order valence-corrected chi connectivity index (χ2v) is 8.69. The van der Waals surface area contributed by atoms with Crippen molar-refractivity contribution in [1.29, 1.82) is 0 Å². The van der Waals surface area contributed by atoms with Crippen LogP contribution in [0.1, 0.15) is 25.0 Å². The summed E-state index contributed by atoms with van der Waals surface area (Å²) >= 11 is 0. The Morgan fingerprint density at radius 1 is 0.759 bits per heavy atom. The minimum Gasteiger partial charge on any atom is -0.463 e. The topological polar surface area (TPSA) is 12.5 Å². The zero-order valence-corrected chi connectivity index (χ0v) is 16.9. The molecule has 1 atom stereocenters. The number of likely N-dealkylation sites (N-methyl/N-ethyl adjacent to an activating group) is 1. The molecule has 0 bridgehead atoms. The molecule has 1 unspecified atom stereocenters. The molecule has 2 aliphatic heterocycles. The molecule has 6 rings (SSSR count). The predicted octanol–water partition coefficient (Wildman–Crippen LogP) is 6.52. The number of hydrogen-bond donors (Lipinski definition) is 0. The van der Waals surface area contributed by atoms with Gasteiger partial charge in [0.25, 0.3) is 0 Å². The lowest BCUT2D eigenvalue weighted by Crippen LogP contribution is -2.58. The van der Waals surface area contributed by atoms with E-state index in [9.17, 15) is 0 Å². The monoisotopic (exact) mass is 377 g/mol. The number of hydrogen-bond acceptors (Lipinski definition) is 2. The van der Waals surface area contributed by atoms with Crippen molar-refractivity contribution in [3.63, 3.8) is 0 Å². The van der Waals surface area contributed by atoms with Gasteiger partial charge in [0.15, 0.2) is 0 Å². The lowest BCUT2D eigenvalue weighted by Gasteiger charge is -2.46. The summed E-state index contributed by atoms with van der Waals surface area (Å²) in [7, 11) is 2.14. The summed E-state index contributed by atoms with van der Waals surface area (Å²) in [5.74, 6) is 0.947. The molecule has 0 saturated carbocycles. The molecule has 0 aliphatic carbocycles. The Labute approximate surface area is 171 Å². The van der Waals surface area contributed by atoms with Gasteiger partial charge in [-0.2, -0.15) is 0 Å². The van der Waals surface area contributed by atoms with Gasteiger partial charge in [-0.3, -0.25) is 0 Å². The normalized spacial score (nSPS) is 21.4. The van der Waals surface area contributed by atoms with Gasteiger partial charge >= 0.3 is 0 Å². The lowest BCUT2D eigenvalue weighted by molar-refractivity contribution is 0.0584. The van der Waals surface area contributed by atoms with Crippen LogP contribution < -0.4 is 9.64 Å². The van der Waals surface area contributed by atoms with Gasteiger partial charge < -0.3 is 9.64 Å². The lowest BCUT2D eigenvalue weighted by atomic mass is 9.76. The molecule has 2 heterocycles. The number of benzene rings is 4. The van der Waals surface area contributed by atoms with Crippen molar-refractivity contribution in [3.8, 4) is 5.75 Å². The van der Waals surface area contributed by atoms with Crippen molar-refractivity contribution in [2.24, 2.45) is 0 Å². The van der Waals surface area contributed by atoms with Crippen LogP contribution in [0.5, 0.6) is 5.75 Å². The first-order valence-electron chi connectivity index (χ1n) is 10.2. The number of nitrogens with zero attached hydrogens (tertiary/aromatic N) is 1. The molecular formula is C27H23NO. The van der Waals surface area contributed by atoms with Gasteiger partial charge in [0.2, 0.25) is 5.72 Å². The molecule has 4 aromatic rings. The van der Waals surface area contributed by atoms with E-state index in [1.165, 1.54) is 38.4 Å². The maximum Gasteiger partial charge on any atom is 0.211 e. The molecule has 0 N–H and O–H groups in total. The van der Waals surface area contributed by atoms with E-state index >= 15 is 0 Å². The van der Waals surface area contributed by atoms with Crippen LogP contribution in [-0.4, -0.2) is 12.8 Å². The maximum atomic E-state index is 6.85. The summed E-state index contributed by atoms with van der Waals surface area (Å²) in [6.07, 6.45) is 4.52. The molecule has 142 valence electrons. The fraction of sp³-hybridized carbons (Fsp3) is 0.185. The average molecular weight is 377 g/mol. The zero-order valence-electron chi connectivity index (χ0n) is 16.9. The van der Waals surface area contributed by atoms with Crippen molar-refractivity contribution in [3.05, 3.63) is 90.0 Å². The van der Waals surface area contributed by atoms with Crippen molar-refractivity contribution in [2.45, 2.75) is 25.0 Å². The summed E-state index contributed by atoms with van der Waals surface area (Å²) in [5.41, 5.74) is 3.01. The third-order valence-electron chi connectivity index (χ3n) is 7.00. The number of rotatable bonds is 0. The summed E-state index contributed by atoms with van der Waals surface area (Å²) < 4.78 is 6.85. The van der Waals surface area contributed by atoms with Crippen molar-refractivity contribution < 1.29 is 4.74 Å². The molecule has 0 aromatic heterocycles. The quantitative estimate of drug-likeness (QED) is 0.323. The number of ether oxygens (including phenoxy) is 1. The second-order valence-electron chi connectivity index (χ2n) is 8.69. The second kappa shape index (κ2) is 5.42. The number of anilines is 1. The van der Waals surface area contributed by atoms with Crippen LogP contribution in [-0.2, 0) is 5.41 Å². The van der Waals surface area contributed by atoms with E-state index in [-0.39, 0.29) is 5.41 Å². The predicted molar refractivity (Wildman–Crippen MR) is 122 cm³/mol. The SMILES string of the molecule is CN1c2ccccc2C(C)(C)C12C=Cc1c(ccc3c1ccc1ccccc13)O2. The van der Waals surface area contributed by atoms with Gasteiger partial charge in [-0.1, -0.05) is 60.7 Å². The van der Waals surface area contributed by atoms with Crippen LogP contribution in [0.4, 0.5) is 5.69 Å². The van der Waals surface area contributed by atoms with Crippen molar-refractivity contribution >= 4 is 33.3 Å². The summed E-state index contributed by atoms with van der Waals surface area (Å²) in [4.78, 5) is 2.28. The van der Waals surface area contributed by atoms with Crippen LogP contribution in [0.3, 0.4) is 0 Å². The van der Waals surface area contributed by atoms with E-state index in [2.05, 4.69) is 111 Å². The Bertz CT molecular complexity index is 1330. The first kappa shape index (κ1) is 16.7. The third-order valence-corrected chi connectivity index (χ3v) is 7.00. The van der Waals surface area contributed by atoms with Gasteiger partial charge in [0, 0.05) is 18.3 Å². The summed E-state index contributed by atoms with van der Waals surface area (Å²) in [6, 6.07) is 26.0. The molecule has 2 aliphatic rings. The fourth-order valence-electron chi connectivity index (χ4n) is 5.35. The van der Waals surface area contributed by atoms with Crippen molar-refractivity contribution in [2.75, 3.05) is 11.9 Å². The molecule has 0 saturated heterocycles. The third kappa shape index (κ3) is 1.96. The highest BCUT2D eigenvalue weighted by Crippen LogP contribution is 2.54. The van der Waals surface area contributed by atoms with Gasteiger partial charge in [-0.15, -0.1) is 0 Å². The number of fused-ring (bicyclic) bond motifs is 6. The van der Waals surface area contributed by atoms with Gasteiger partial charge in [0.05, 0.1) is 5.41 Å². The highest BCUT2D eigenvalue weighted by atomic mass is 16.5. The molecule has 4 aromatic carbocycles. The van der Waals surface area contributed by atoms with E-state index in [1.54, 1.807) is 0 Å². The number of para-hydroxylation sites is 1. The first-order valence-corrected chi connectivity index (χ1v) is 10.2. The molecule has 29 heavy (non-hydrogen) atoms. The first-order chi connectivity index (χ1) is 14.0. The smallest absolute Gasteiger partial charge is 0.211 e. The Hall–Kier alpha value is -3.26. The molecule has 2 nitrogen and oxygen atoms in total. The highest BCUT2D eigenvalue weighted by Gasteiger charge is 2.57. The van der Waals surface area contributed by atoms with E-state index in [1.807, 2.05) is 0 Å². The van der Waals surface area contributed by atoms with Crippen LogP contribution in [0.15, 0.2) is 78.9 Å². The molecule has 0 fully saturated rings. The fourth-order valence-corrected chi connectivity index (χ4v) is 5.35. The molecule has 2 heteroatoms. The Kier molecular flexibility index (Phi) is 3.11. The van der Waals surface area contributed by atoms with Crippen molar-refractivity contribution in [1.82, 2.24) is 0 Å². The molecule has 0 radical (unpaired) electrons. The van der Waals surface area contributed by atoms with Crippen LogP contribution in [0.25, 0.3) is 27.6 Å². The molecule has 1 spiro atoms. The van der Waals surface area contributed by atoms with E-state index in [4.69, 9.17) is 4.74 Å². The minimum atomic E-state index is -0.534. The summed E-state index contributed by atoms with van der Waals surface area (Å²) in [5, 5.41) is 5.06. The van der Waals surface area contributed by atoms with Gasteiger partial charge in [-0.25, -0.2) is 0 Å². The maximum absolute atomic E-state index is 6.85. The largest absolute Gasteiger partial charge is 0.463 e. The Morgan fingerprint density at radius 3 is 2.38 bits per heavy atom. The standard InChI is InChI=1S/C27H23NO/c1-26(2)23-10-6-7-11-24(23)28(3)27(26)17-16-22-21-13-12-18-8-4-5-9-19(18)20(21)14-15-25(22)29-27/h4-17H,1-3H3. The van der Waals surface area contributed by atoms with E-state index in [0.717, 1.165) is 5.75 Å². The minimum absolute atomic E-state index is 0.176. The van der Waals surface area contributed by atoms with E-state index < -0.39 is 5.72 Å².